The van der Waals surface area contributed by atoms with Gasteiger partial charge < -0.3 is 15.0 Å². The second-order valence-electron chi connectivity index (χ2n) is 5.90. The summed E-state index contributed by atoms with van der Waals surface area (Å²) in [7, 11) is 1.27. The third-order valence-corrected chi connectivity index (χ3v) is 3.96. The minimum absolute atomic E-state index is 0.174. The Morgan fingerprint density at radius 3 is 2.52 bits per heavy atom. The maximum absolute atomic E-state index is 13.7. The van der Waals surface area contributed by atoms with Crippen molar-refractivity contribution in [3.63, 3.8) is 0 Å². The van der Waals surface area contributed by atoms with Gasteiger partial charge in [0.2, 0.25) is 11.8 Å². The second kappa shape index (κ2) is 9.47. The number of carbonyl (C=O) groups excluding carboxylic acids is 3. The highest BCUT2D eigenvalue weighted by Crippen LogP contribution is 2.12. The normalized spacial score (nSPS) is 10.2. The van der Waals surface area contributed by atoms with Gasteiger partial charge in [-0.1, -0.05) is 24.3 Å². The first-order chi connectivity index (χ1) is 12.9. The highest BCUT2D eigenvalue weighted by molar-refractivity contribution is 5.96. The largest absolute Gasteiger partial charge is 0.465 e. The van der Waals surface area contributed by atoms with Crippen LogP contribution in [0, 0.1) is 5.82 Å². The van der Waals surface area contributed by atoms with Gasteiger partial charge in [0.15, 0.2) is 0 Å². The Morgan fingerprint density at radius 2 is 1.85 bits per heavy atom. The molecular weight excluding hydrogens is 351 g/mol. The van der Waals surface area contributed by atoms with Crippen LogP contribution in [0.15, 0.2) is 48.5 Å². The van der Waals surface area contributed by atoms with Crippen LogP contribution in [0.1, 0.15) is 22.8 Å². The zero-order valence-electron chi connectivity index (χ0n) is 15.2. The molecular formula is C20H21FN2O4. The topological polar surface area (TPSA) is 75.7 Å². The number of hydrogen-bond donors (Lipinski definition) is 1. The molecule has 0 aliphatic heterocycles. The molecule has 0 spiro atoms. The van der Waals surface area contributed by atoms with Crippen molar-refractivity contribution in [1.82, 2.24) is 4.90 Å². The van der Waals surface area contributed by atoms with Gasteiger partial charge in [0.25, 0.3) is 0 Å². The summed E-state index contributed by atoms with van der Waals surface area (Å²) < 4.78 is 18.3. The molecule has 2 aromatic carbocycles. The van der Waals surface area contributed by atoms with Crippen molar-refractivity contribution in [2.24, 2.45) is 0 Å². The number of anilines is 1. The highest BCUT2D eigenvalue weighted by atomic mass is 19.1. The van der Waals surface area contributed by atoms with Crippen LogP contribution >= 0.6 is 0 Å². The molecule has 0 radical (unpaired) electrons. The molecule has 1 N–H and O–H groups in total. The second-order valence-corrected chi connectivity index (χ2v) is 5.90. The number of nitrogens with zero attached hydrogens (tertiary/aromatic N) is 1. The number of carbonyl (C=O) groups is 3. The number of rotatable bonds is 7. The number of hydrogen-bond acceptors (Lipinski definition) is 4. The van der Waals surface area contributed by atoms with Crippen LogP contribution in [-0.4, -0.2) is 42.9 Å². The average molecular weight is 372 g/mol. The first-order valence-electron chi connectivity index (χ1n) is 8.38. The van der Waals surface area contributed by atoms with Crippen molar-refractivity contribution in [3.05, 3.63) is 65.5 Å². The van der Waals surface area contributed by atoms with E-state index in [0.29, 0.717) is 23.2 Å². The van der Waals surface area contributed by atoms with E-state index < -0.39 is 11.9 Å². The van der Waals surface area contributed by atoms with Crippen molar-refractivity contribution >= 4 is 23.5 Å². The molecule has 0 aliphatic carbocycles. The smallest absolute Gasteiger partial charge is 0.337 e. The molecule has 7 heteroatoms. The maximum Gasteiger partial charge on any atom is 0.337 e. The first kappa shape index (κ1) is 20.1. The Kier molecular flexibility index (Phi) is 7.05. The molecule has 27 heavy (non-hydrogen) atoms. The lowest BCUT2D eigenvalue weighted by molar-refractivity contribution is -0.132. The molecule has 142 valence electrons. The van der Waals surface area contributed by atoms with Crippen molar-refractivity contribution in [2.45, 2.75) is 13.3 Å². The molecule has 2 aromatic rings. The van der Waals surface area contributed by atoms with Crippen LogP contribution in [0.3, 0.4) is 0 Å². The predicted octanol–water partition coefficient (Wildman–Crippen LogP) is 2.64. The summed E-state index contributed by atoms with van der Waals surface area (Å²) in [6, 6.07) is 12.6. The number of amides is 2. The fourth-order valence-corrected chi connectivity index (χ4v) is 2.52. The number of methoxy groups -OCH3 is 1. The third-order valence-electron chi connectivity index (χ3n) is 3.96. The lowest BCUT2D eigenvalue weighted by Crippen LogP contribution is -2.38. The van der Waals surface area contributed by atoms with E-state index in [1.807, 2.05) is 0 Å². The summed E-state index contributed by atoms with van der Waals surface area (Å²) in [6.07, 6.45) is 0.303. The predicted molar refractivity (Wildman–Crippen MR) is 98.8 cm³/mol. The van der Waals surface area contributed by atoms with Crippen LogP contribution in [0.5, 0.6) is 0 Å². The number of ether oxygens (including phenoxy) is 1. The van der Waals surface area contributed by atoms with Gasteiger partial charge in [-0.05, 0) is 36.2 Å². The van der Waals surface area contributed by atoms with E-state index in [1.54, 1.807) is 36.4 Å². The Bertz CT molecular complexity index is 838. The minimum atomic E-state index is -0.513. The third kappa shape index (κ3) is 5.91. The van der Waals surface area contributed by atoms with Crippen LogP contribution in [0.2, 0.25) is 0 Å². The SMILES string of the molecule is COC(=O)c1cccc(NC(=O)CN(CCc2ccccc2F)C(C)=O)c1. The van der Waals surface area contributed by atoms with E-state index in [2.05, 4.69) is 10.1 Å². The lowest BCUT2D eigenvalue weighted by Gasteiger charge is -2.20. The van der Waals surface area contributed by atoms with Gasteiger partial charge in [0.05, 0.1) is 19.2 Å². The van der Waals surface area contributed by atoms with E-state index in [0.717, 1.165) is 0 Å². The number of esters is 1. The Hall–Kier alpha value is -3.22. The quantitative estimate of drug-likeness (QED) is 0.758. The zero-order valence-corrected chi connectivity index (χ0v) is 15.2. The fourth-order valence-electron chi connectivity index (χ4n) is 2.52. The molecule has 0 aromatic heterocycles. The summed E-state index contributed by atoms with van der Waals surface area (Å²) in [5.41, 5.74) is 1.20. The summed E-state index contributed by atoms with van der Waals surface area (Å²) in [5.74, 6) is -1.56. The lowest BCUT2D eigenvalue weighted by atomic mass is 10.1. The molecule has 2 rings (SSSR count). The molecule has 2 amide bonds. The van der Waals surface area contributed by atoms with Crippen LogP contribution < -0.4 is 5.32 Å². The number of nitrogens with one attached hydrogen (secondary N) is 1. The highest BCUT2D eigenvalue weighted by Gasteiger charge is 2.15. The molecule has 0 fully saturated rings. The number of benzene rings is 2. The van der Waals surface area contributed by atoms with E-state index in [1.165, 1.54) is 31.1 Å². The van der Waals surface area contributed by atoms with Gasteiger partial charge in [0, 0.05) is 19.2 Å². The van der Waals surface area contributed by atoms with E-state index in [-0.39, 0.29) is 24.8 Å². The van der Waals surface area contributed by atoms with Gasteiger partial charge in [-0.15, -0.1) is 0 Å². The molecule has 6 nitrogen and oxygen atoms in total. The summed E-state index contributed by atoms with van der Waals surface area (Å²) in [5, 5.41) is 2.64. The zero-order chi connectivity index (χ0) is 19.8. The van der Waals surface area contributed by atoms with E-state index in [4.69, 9.17) is 0 Å². The van der Waals surface area contributed by atoms with Crippen LogP contribution in [0.4, 0.5) is 10.1 Å². The van der Waals surface area contributed by atoms with Gasteiger partial charge in [-0.2, -0.15) is 0 Å². The molecule has 0 saturated heterocycles. The summed E-state index contributed by atoms with van der Waals surface area (Å²) in [6.45, 7) is 1.39. The Balaban J connectivity index is 1.98. The minimum Gasteiger partial charge on any atom is -0.465 e. The van der Waals surface area contributed by atoms with Gasteiger partial charge in [0.1, 0.15) is 5.82 Å². The van der Waals surface area contributed by atoms with Gasteiger partial charge >= 0.3 is 5.97 Å². The summed E-state index contributed by atoms with van der Waals surface area (Å²) >= 11 is 0. The van der Waals surface area contributed by atoms with Crippen molar-refractivity contribution in [1.29, 1.82) is 0 Å². The average Bonchev–Trinajstić information content (AvgIpc) is 2.65. The van der Waals surface area contributed by atoms with Crippen LogP contribution in [-0.2, 0) is 20.7 Å². The van der Waals surface area contributed by atoms with E-state index in [9.17, 15) is 18.8 Å². The van der Waals surface area contributed by atoms with Crippen molar-refractivity contribution in [3.8, 4) is 0 Å². The van der Waals surface area contributed by atoms with Crippen LogP contribution in [0.25, 0.3) is 0 Å². The monoisotopic (exact) mass is 372 g/mol. The summed E-state index contributed by atoms with van der Waals surface area (Å²) in [4.78, 5) is 37.0. The molecule has 0 unspecified atom stereocenters. The Morgan fingerprint density at radius 1 is 1.11 bits per heavy atom. The molecule has 0 aliphatic rings. The molecule has 0 bridgehead atoms. The molecule has 0 heterocycles. The van der Waals surface area contributed by atoms with Gasteiger partial charge in [-0.25, -0.2) is 9.18 Å². The first-order valence-corrected chi connectivity index (χ1v) is 8.38. The van der Waals surface area contributed by atoms with Crippen molar-refractivity contribution in [2.75, 3.05) is 25.5 Å². The van der Waals surface area contributed by atoms with Gasteiger partial charge in [-0.3, -0.25) is 9.59 Å². The van der Waals surface area contributed by atoms with Crippen molar-refractivity contribution < 1.29 is 23.5 Å². The number of halogens is 1. The maximum atomic E-state index is 13.7. The standard InChI is InChI=1S/C20H21FN2O4/c1-14(24)23(11-10-15-6-3-4-9-18(15)21)13-19(25)22-17-8-5-7-16(12-17)20(26)27-2/h3-9,12H,10-11,13H2,1-2H3,(H,22,25). The fraction of sp³-hybridized carbons (Fsp3) is 0.250. The van der Waals surface area contributed by atoms with E-state index >= 15 is 0 Å². The molecule has 0 saturated carbocycles. The Labute approximate surface area is 156 Å². The molecule has 0 atom stereocenters.